The lowest BCUT2D eigenvalue weighted by Crippen LogP contribution is -2.71. The number of aliphatic carboxylic acids is 1. The number of thiophene rings is 1. The van der Waals surface area contributed by atoms with Crippen molar-refractivity contribution in [2.45, 2.75) is 24.5 Å². The summed E-state index contributed by atoms with van der Waals surface area (Å²) in [6, 6.07) is 4.87. The fourth-order valence-corrected chi connectivity index (χ4v) is 7.67. The van der Waals surface area contributed by atoms with Crippen LogP contribution in [0.4, 0.5) is 5.13 Å². The first kappa shape index (κ1) is 29.3. The second-order valence-electron chi connectivity index (χ2n) is 9.81. The Bertz CT molecular complexity index is 1890. The third kappa shape index (κ3) is 5.38. The normalized spacial score (nSPS) is 18.2. The van der Waals surface area contributed by atoms with Gasteiger partial charge in [-0.3, -0.25) is 19.9 Å². The molecule has 2 amide bonds. The number of carboxylic acid groups (broad SMARTS) is 1. The molecule has 18 heteroatoms. The zero-order valence-corrected chi connectivity index (χ0v) is 25.4. The molecular formula is C26H25N10O5S3+. The quantitative estimate of drug-likeness (QED) is 0.0526. The van der Waals surface area contributed by atoms with Crippen LogP contribution in [-0.4, -0.2) is 77.5 Å². The minimum absolute atomic E-state index is 0.0235. The van der Waals surface area contributed by atoms with Crippen molar-refractivity contribution in [1.82, 2.24) is 24.1 Å². The van der Waals surface area contributed by atoms with Crippen molar-refractivity contribution in [3.8, 4) is 0 Å². The van der Waals surface area contributed by atoms with E-state index < -0.39 is 29.2 Å². The molecule has 2 aliphatic rings. The summed E-state index contributed by atoms with van der Waals surface area (Å²) in [5.41, 5.74) is 13.1. The predicted molar refractivity (Wildman–Crippen MR) is 164 cm³/mol. The van der Waals surface area contributed by atoms with Gasteiger partial charge in [0.15, 0.2) is 24.1 Å². The first-order valence-corrected chi connectivity index (χ1v) is 15.7. The van der Waals surface area contributed by atoms with Crippen LogP contribution in [0.2, 0.25) is 0 Å². The number of oxime groups is 1. The molecule has 15 nitrogen and oxygen atoms in total. The van der Waals surface area contributed by atoms with Gasteiger partial charge in [0.1, 0.15) is 35.6 Å². The lowest BCUT2D eigenvalue weighted by molar-refractivity contribution is -0.687. The molecule has 0 radical (unpaired) electrons. The summed E-state index contributed by atoms with van der Waals surface area (Å²) in [5, 5.41) is 26.5. The number of aromatic nitrogens is 4. The molecule has 0 spiro atoms. The van der Waals surface area contributed by atoms with Crippen LogP contribution >= 0.6 is 34.6 Å². The molecular weight excluding hydrogens is 629 g/mol. The van der Waals surface area contributed by atoms with E-state index >= 15 is 0 Å². The van der Waals surface area contributed by atoms with Crippen LogP contribution in [0.1, 0.15) is 16.3 Å². The highest BCUT2D eigenvalue weighted by atomic mass is 32.2. The number of thioether (sulfide) groups is 1. The smallest absolute Gasteiger partial charge is 0.352 e. The second kappa shape index (κ2) is 11.7. The Morgan fingerprint density at radius 1 is 1.36 bits per heavy atom. The molecule has 1 fully saturated rings. The monoisotopic (exact) mass is 653 g/mol. The number of carbonyl (C=O) groups is 3. The minimum Gasteiger partial charge on any atom is -0.477 e. The summed E-state index contributed by atoms with van der Waals surface area (Å²) in [5.74, 6) is -2.21. The van der Waals surface area contributed by atoms with Crippen LogP contribution in [-0.2, 0) is 32.3 Å². The van der Waals surface area contributed by atoms with Gasteiger partial charge in [0.25, 0.3) is 11.8 Å². The zero-order chi connectivity index (χ0) is 31.1. The van der Waals surface area contributed by atoms with Gasteiger partial charge >= 0.3 is 5.97 Å². The highest BCUT2D eigenvalue weighted by Crippen LogP contribution is 2.40. The fraction of sp³-hybridized carbons (Fsp3) is 0.231. The average molecular weight is 654 g/mol. The summed E-state index contributed by atoms with van der Waals surface area (Å²) in [6.45, 7) is 0.836. The highest BCUT2D eigenvalue weighted by molar-refractivity contribution is 8.00. The van der Waals surface area contributed by atoms with Crippen LogP contribution in [0, 0.1) is 5.41 Å². The molecule has 6 rings (SSSR count). The van der Waals surface area contributed by atoms with Crippen molar-refractivity contribution in [1.29, 1.82) is 5.41 Å². The van der Waals surface area contributed by atoms with E-state index in [0.29, 0.717) is 23.4 Å². The Hall–Kier alpha value is -4.81. The predicted octanol–water partition coefficient (Wildman–Crippen LogP) is 0.546. The van der Waals surface area contributed by atoms with E-state index in [1.807, 2.05) is 46.7 Å². The highest BCUT2D eigenvalue weighted by Gasteiger charge is 2.55. The number of nitrogen functional groups attached to an aromatic ring is 2. The molecule has 7 N–H and O–H groups in total. The summed E-state index contributed by atoms with van der Waals surface area (Å²) < 4.78 is 7.93. The molecule has 2 atom stereocenters. The van der Waals surface area contributed by atoms with Crippen molar-refractivity contribution < 1.29 is 28.9 Å². The van der Waals surface area contributed by atoms with E-state index in [1.165, 1.54) is 35.1 Å². The SMILES string of the molecule is CO/N=C(\C(=O)N[C@@H]1C(=O)N2C(C(=O)O)=C(C[n+]3ccc4ccn(Cc5cc(C(=N)N)cs5)c4c3)CS[C@H]12)c1nsc(N)n1. The minimum atomic E-state index is -1.23. The molecule has 0 aromatic carbocycles. The molecule has 0 saturated carbocycles. The number of amides is 2. The number of pyridine rings is 1. The van der Waals surface area contributed by atoms with Crippen LogP contribution < -0.4 is 21.4 Å². The Kier molecular flexibility index (Phi) is 7.78. The average Bonchev–Trinajstić information content (AvgIpc) is 3.75. The molecule has 6 heterocycles. The molecule has 4 aromatic rings. The molecule has 4 aromatic heterocycles. The number of amidine groups is 1. The molecule has 44 heavy (non-hydrogen) atoms. The maximum absolute atomic E-state index is 13.2. The number of nitrogens with two attached hydrogens (primary N) is 2. The Labute approximate surface area is 261 Å². The van der Waals surface area contributed by atoms with E-state index in [-0.39, 0.29) is 34.7 Å². The van der Waals surface area contributed by atoms with Gasteiger partial charge in [-0.25, -0.2) is 4.79 Å². The van der Waals surface area contributed by atoms with Gasteiger partial charge in [0.05, 0.1) is 6.54 Å². The fourth-order valence-electron chi connectivity index (χ4n) is 5.02. The third-order valence-corrected chi connectivity index (χ3v) is 9.83. The van der Waals surface area contributed by atoms with Crippen molar-refractivity contribution in [3.05, 3.63) is 69.7 Å². The summed E-state index contributed by atoms with van der Waals surface area (Å²) in [4.78, 5) is 49.6. The molecule has 0 unspecified atom stereocenters. The van der Waals surface area contributed by atoms with E-state index in [1.54, 1.807) is 0 Å². The molecule has 0 aliphatic carbocycles. The second-order valence-corrected chi connectivity index (χ2v) is 12.7. The van der Waals surface area contributed by atoms with Gasteiger partial charge in [0, 0.05) is 56.3 Å². The van der Waals surface area contributed by atoms with Crippen molar-refractivity contribution in [2.24, 2.45) is 10.9 Å². The number of anilines is 1. The van der Waals surface area contributed by atoms with E-state index in [0.717, 1.165) is 27.3 Å². The van der Waals surface area contributed by atoms with Gasteiger partial charge in [-0.1, -0.05) is 5.16 Å². The maximum atomic E-state index is 13.2. The summed E-state index contributed by atoms with van der Waals surface area (Å²) in [6.07, 6.45) is 5.78. The molecule has 2 aliphatic heterocycles. The lowest BCUT2D eigenvalue weighted by Gasteiger charge is -2.49. The van der Waals surface area contributed by atoms with E-state index in [4.69, 9.17) is 21.7 Å². The summed E-state index contributed by atoms with van der Waals surface area (Å²) in [7, 11) is 1.25. The number of nitrogens with one attached hydrogen (secondary N) is 2. The standard InChI is InChI=1S/C26H24N10O5S3/c1-41-32-17(21-31-26(29)44-33-21)22(37)30-18-23(38)36-19(25(39)40)14(11-43-24(18)36)7-34-4-2-12-3-5-35(16(12)9-34)8-15-6-13(10-42-15)20(27)28/h2-6,9-10,18,24H,7-8,11H2,1H3,(H6-,27,28,29,30,31,33,37,39,40)/p+1/b32-17-/t18-,24-/m1/s1. The van der Waals surface area contributed by atoms with Crippen LogP contribution in [0.15, 0.2) is 58.6 Å². The lowest BCUT2D eigenvalue weighted by atomic mass is 10.0. The number of carbonyl (C=O) groups excluding carboxylic acids is 2. The number of hydrogen-bond acceptors (Lipinski definition) is 12. The molecule has 1 saturated heterocycles. The maximum Gasteiger partial charge on any atom is 0.352 e. The molecule has 0 bridgehead atoms. The van der Waals surface area contributed by atoms with Crippen molar-refractivity contribution in [3.63, 3.8) is 0 Å². The molecule has 226 valence electrons. The number of nitrogens with zero attached hydrogens (tertiary/aromatic N) is 6. The van der Waals surface area contributed by atoms with Gasteiger partial charge in [-0.15, -0.1) is 23.1 Å². The number of β-lactam (4-membered cyclic amide) rings is 1. The van der Waals surface area contributed by atoms with Crippen LogP contribution in [0.5, 0.6) is 0 Å². The third-order valence-electron chi connectivity index (χ3n) is 7.02. The van der Waals surface area contributed by atoms with E-state index in [2.05, 4.69) is 24.4 Å². The van der Waals surface area contributed by atoms with E-state index in [9.17, 15) is 19.5 Å². The Morgan fingerprint density at radius 3 is 2.86 bits per heavy atom. The van der Waals surface area contributed by atoms with Crippen molar-refractivity contribution in [2.75, 3.05) is 18.6 Å². The number of rotatable bonds is 10. The number of hydrogen-bond donors (Lipinski definition) is 5. The summed E-state index contributed by atoms with van der Waals surface area (Å²) >= 11 is 3.76. The topological polar surface area (TPSA) is 219 Å². The van der Waals surface area contributed by atoms with Gasteiger partial charge in [-0.2, -0.15) is 13.9 Å². The van der Waals surface area contributed by atoms with Gasteiger partial charge in [-0.05, 0) is 12.1 Å². The zero-order valence-electron chi connectivity index (χ0n) is 23.0. The Balaban J connectivity index is 1.21. The number of carboxylic acids is 1. The van der Waals surface area contributed by atoms with Gasteiger partial charge in [0.2, 0.25) is 11.5 Å². The first-order chi connectivity index (χ1) is 21.1. The van der Waals surface area contributed by atoms with Crippen LogP contribution in [0.3, 0.4) is 0 Å². The van der Waals surface area contributed by atoms with Crippen LogP contribution in [0.25, 0.3) is 10.9 Å². The van der Waals surface area contributed by atoms with Crippen molar-refractivity contribution >= 4 is 80.0 Å². The first-order valence-electron chi connectivity index (χ1n) is 13.0. The van der Waals surface area contributed by atoms with Gasteiger partial charge < -0.3 is 31.3 Å². The Morgan fingerprint density at radius 2 is 2.18 bits per heavy atom. The largest absolute Gasteiger partial charge is 0.477 e. The number of fused-ring (bicyclic) bond motifs is 2.